The van der Waals surface area contributed by atoms with Crippen LogP contribution in [0.25, 0.3) is 5.70 Å². The molecule has 1 fully saturated rings. The van der Waals surface area contributed by atoms with Crippen LogP contribution in [-0.4, -0.2) is 18.0 Å². The van der Waals surface area contributed by atoms with Gasteiger partial charge in [-0.15, -0.1) is 6.42 Å². The third kappa shape index (κ3) is 3.49. The van der Waals surface area contributed by atoms with Gasteiger partial charge in [0.1, 0.15) is 0 Å². The fourth-order valence-corrected chi connectivity index (χ4v) is 3.89. The van der Waals surface area contributed by atoms with Gasteiger partial charge in [-0.3, -0.25) is 0 Å². The molecule has 128 valence electrons. The van der Waals surface area contributed by atoms with E-state index < -0.39 is 0 Å². The Bertz CT molecular complexity index is 820. The van der Waals surface area contributed by atoms with E-state index in [0.29, 0.717) is 5.92 Å². The minimum Gasteiger partial charge on any atom is -0.371 e. The first kappa shape index (κ1) is 17.4. The first-order valence-corrected chi connectivity index (χ1v) is 9.14. The molecule has 0 aliphatic carbocycles. The predicted molar refractivity (Wildman–Crippen MR) is 108 cm³/mol. The Labute approximate surface area is 152 Å². The van der Waals surface area contributed by atoms with E-state index in [-0.39, 0.29) is 0 Å². The van der Waals surface area contributed by atoms with Crippen molar-refractivity contribution in [3.63, 3.8) is 0 Å². The van der Waals surface area contributed by atoms with E-state index in [4.69, 9.17) is 6.42 Å². The molecule has 1 heteroatoms. The maximum atomic E-state index is 5.46. The predicted octanol–water partition coefficient (Wildman–Crippen LogP) is 5.31. The molecule has 0 radical (unpaired) electrons. The number of terminal acetylenes is 1. The van der Waals surface area contributed by atoms with Crippen LogP contribution in [0, 0.1) is 26.2 Å². The number of nitrogens with zero attached hydrogens (tertiary/aromatic N) is 1. The van der Waals surface area contributed by atoms with Gasteiger partial charge >= 0.3 is 0 Å². The summed E-state index contributed by atoms with van der Waals surface area (Å²) in [6.07, 6.45) is 7.69. The van der Waals surface area contributed by atoms with Crippen LogP contribution < -0.4 is 0 Å². The van der Waals surface area contributed by atoms with Gasteiger partial charge in [0.05, 0.1) is 0 Å². The van der Waals surface area contributed by atoms with Crippen molar-refractivity contribution in [1.82, 2.24) is 4.90 Å². The molecule has 1 atom stereocenters. The highest BCUT2D eigenvalue weighted by molar-refractivity contribution is 5.66. The Balaban J connectivity index is 1.77. The molecule has 0 amide bonds. The molecule has 1 aliphatic heterocycles. The van der Waals surface area contributed by atoms with Gasteiger partial charge in [0.2, 0.25) is 0 Å². The number of rotatable bonds is 4. The summed E-state index contributed by atoms with van der Waals surface area (Å²) in [4.78, 5) is 2.44. The molecule has 0 spiro atoms. The SMILES string of the molecule is C#Cc1ccc(C2CCN(C(=C)c3cc(CC)c(C)cc3C)C2)cc1. The third-order valence-corrected chi connectivity index (χ3v) is 5.49. The van der Waals surface area contributed by atoms with Crippen LogP contribution in [0.3, 0.4) is 0 Å². The molecule has 1 saturated heterocycles. The molecular formula is C24H27N. The normalized spacial score (nSPS) is 16.7. The Kier molecular flexibility index (Phi) is 5.00. The minimum absolute atomic E-state index is 0.556. The second-order valence-electron chi connectivity index (χ2n) is 7.09. The van der Waals surface area contributed by atoms with Crippen LogP contribution in [-0.2, 0) is 6.42 Å². The molecule has 2 aromatic carbocycles. The molecule has 25 heavy (non-hydrogen) atoms. The number of aryl methyl sites for hydroxylation is 3. The van der Waals surface area contributed by atoms with Gasteiger partial charge in [-0.2, -0.15) is 0 Å². The first-order valence-electron chi connectivity index (χ1n) is 9.14. The summed E-state index contributed by atoms with van der Waals surface area (Å²) >= 11 is 0. The number of benzene rings is 2. The molecule has 0 aromatic heterocycles. The summed E-state index contributed by atoms with van der Waals surface area (Å²) in [6.45, 7) is 13.1. The fourth-order valence-electron chi connectivity index (χ4n) is 3.89. The van der Waals surface area contributed by atoms with E-state index in [1.54, 1.807) is 0 Å². The first-order chi connectivity index (χ1) is 12.0. The number of likely N-dealkylation sites (tertiary alicyclic amines) is 1. The standard InChI is InChI=1S/C24H27N/c1-6-20-8-10-22(11-9-20)23-12-13-25(16-23)19(5)24-15-21(7-2)17(3)14-18(24)4/h1,8-11,14-15,23H,5,7,12-13,16H2,2-4H3. The Morgan fingerprint density at radius 3 is 2.56 bits per heavy atom. The highest BCUT2D eigenvalue weighted by Gasteiger charge is 2.25. The van der Waals surface area contributed by atoms with E-state index in [9.17, 15) is 0 Å². The maximum absolute atomic E-state index is 5.46. The van der Waals surface area contributed by atoms with Crippen molar-refractivity contribution in [2.75, 3.05) is 13.1 Å². The van der Waals surface area contributed by atoms with Crippen LogP contribution in [0.1, 0.15) is 52.6 Å². The average molecular weight is 329 g/mol. The van der Waals surface area contributed by atoms with Gasteiger partial charge in [0.15, 0.2) is 0 Å². The highest BCUT2D eigenvalue weighted by Crippen LogP contribution is 2.33. The van der Waals surface area contributed by atoms with Crippen molar-refractivity contribution < 1.29 is 0 Å². The van der Waals surface area contributed by atoms with E-state index in [1.807, 2.05) is 12.1 Å². The molecule has 3 rings (SSSR count). The monoisotopic (exact) mass is 329 g/mol. The Morgan fingerprint density at radius 2 is 1.92 bits per heavy atom. The Morgan fingerprint density at radius 1 is 1.20 bits per heavy atom. The largest absolute Gasteiger partial charge is 0.371 e. The molecule has 1 aliphatic rings. The van der Waals surface area contributed by atoms with Gasteiger partial charge in [0, 0.05) is 35.8 Å². The molecular weight excluding hydrogens is 302 g/mol. The van der Waals surface area contributed by atoms with Crippen LogP contribution in [0.5, 0.6) is 0 Å². The molecule has 1 nitrogen and oxygen atoms in total. The van der Waals surface area contributed by atoms with Crippen molar-refractivity contribution in [1.29, 1.82) is 0 Å². The summed E-state index contributed by atoms with van der Waals surface area (Å²) in [5, 5.41) is 0. The topological polar surface area (TPSA) is 3.24 Å². The Hall–Kier alpha value is -2.46. The minimum atomic E-state index is 0.556. The highest BCUT2D eigenvalue weighted by atomic mass is 15.2. The number of hydrogen-bond acceptors (Lipinski definition) is 1. The van der Waals surface area contributed by atoms with E-state index in [0.717, 1.165) is 30.8 Å². The van der Waals surface area contributed by atoms with E-state index >= 15 is 0 Å². The van der Waals surface area contributed by atoms with E-state index in [1.165, 1.54) is 34.2 Å². The summed E-state index contributed by atoms with van der Waals surface area (Å²) in [6, 6.07) is 13.1. The maximum Gasteiger partial charge on any atom is 0.0369 e. The van der Waals surface area contributed by atoms with Crippen LogP contribution >= 0.6 is 0 Å². The zero-order valence-corrected chi connectivity index (χ0v) is 15.6. The summed E-state index contributed by atoms with van der Waals surface area (Å²) < 4.78 is 0. The zero-order valence-electron chi connectivity index (χ0n) is 15.6. The molecule has 2 aromatic rings. The van der Waals surface area contributed by atoms with Gasteiger partial charge in [0.25, 0.3) is 0 Å². The van der Waals surface area contributed by atoms with Crippen LogP contribution in [0.15, 0.2) is 43.0 Å². The molecule has 0 saturated carbocycles. The van der Waals surface area contributed by atoms with Crippen LogP contribution in [0.2, 0.25) is 0 Å². The quantitative estimate of drug-likeness (QED) is 0.687. The van der Waals surface area contributed by atoms with Crippen molar-refractivity contribution in [3.05, 3.63) is 76.4 Å². The van der Waals surface area contributed by atoms with Crippen molar-refractivity contribution in [3.8, 4) is 12.3 Å². The molecule has 1 unspecified atom stereocenters. The summed E-state index contributed by atoms with van der Waals surface area (Å²) in [5.74, 6) is 3.25. The lowest BCUT2D eigenvalue weighted by Gasteiger charge is -2.24. The van der Waals surface area contributed by atoms with Crippen molar-refractivity contribution >= 4 is 5.70 Å². The smallest absolute Gasteiger partial charge is 0.0369 e. The summed E-state index contributed by atoms with van der Waals surface area (Å²) in [7, 11) is 0. The molecule has 0 N–H and O–H groups in total. The second kappa shape index (κ2) is 7.19. The second-order valence-corrected chi connectivity index (χ2v) is 7.09. The fraction of sp³-hybridized carbons (Fsp3) is 0.333. The van der Waals surface area contributed by atoms with Gasteiger partial charge < -0.3 is 4.90 Å². The lowest BCUT2D eigenvalue weighted by molar-refractivity contribution is 0.485. The zero-order chi connectivity index (χ0) is 18.0. The lowest BCUT2D eigenvalue weighted by atomic mass is 9.96. The van der Waals surface area contributed by atoms with Crippen molar-refractivity contribution in [2.45, 2.75) is 39.5 Å². The van der Waals surface area contributed by atoms with Gasteiger partial charge in [-0.1, -0.05) is 37.6 Å². The van der Waals surface area contributed by atoms with Gasteiger partial charge in [-0.05, 0) is 67.1 Å². The van der Waals surface area contributed by atoms with E-state index in [2.05, 4.69) is 62.4 Å². The average Bonchev–Trinajstić information content (AvgIpc) is 3.11. The third-order valence-electron chi connectivity index (χ3n) is 5.49. The van der Waals surface area contributed by atoms with Gasteiger partial charge in [-0.25, -0.2) is 0 Å². The van der Waals surface area contributed by atoms with Crippen molar-refractivity contribution in [2.24, 2.45) is 0 Å². The number of hydrogen-bond donors (Lipinski definition) is 0. The lowest BCUT2D eigenvalue weighted by Crippen LogP contribution is -2.19. The molecule has 1 heterocycles. The summed E-state index contributed by atoms with van der Waals surface area (Å²) in [5.41, 5.74) is 8.91. The van der Waals surface area contributed by atoms with Crippen LogP contribution in [0.4, 0.5) is 0 Å². The molecule has 0 bridgehead atoms.